The van der Waals surface area contributed by atoms with Crippen LogP contribution in [0, 0.1) is 45.3 Å². The first-order valence-corrected chi connectivity index (χ1v) is 25.8. The van der Waals surface area contributed by atoms with Gasteiger partial charge < -0.3 is 19.9 Å². The largest absolute Gasteiger partial charge is 0.327 e. The maximum atomic E-state index is 13.8. The molecule has 0 radical (unpaired) electrons. The number of hydrogen-bond donors (Lipinski definition) is 8. The van der Waals surface area contributed by atoms with E-state index in [0.29, 0.717) is 22.7 Å². The molecular weight excluding hydrogens is 945 g/mol. The van der Waals surface area contributed by atoms with Crippen LogP contribution in [0.1, 0.15) is 151 Å². The fraction of sp³-hybridized carbons (Fsp3) is 0.250. The molecule has 0 atom stereocenters. The zero-order chi connectivity index (χ0) is 54.5. The van der Waals surface area contributed by atoms with E-state index >= 15 is 0 Å². The maximum Gasteiger partial charge on any atom is 0.236 e. The highest BCUT2D eigenvalue weighted by Crippen LogP contribution is 2.44. The van der Waals surface area contributed by atoms with Gasteiger partial charge in [0.2, 0.25) is 23.6 Å². The van der Waals surface area contributed by atoms with Crippen LogP contribution < -0.4 is 21.3 Å². The third-order valence-electron chi connectivity index (χ3n) is 13.4. The number of benzene rings is 4. The van der Waals surface area contributed by atoms with Crippen LogP contribution in [0.15, 0.2) is 146 Å². The lowest BCUT2D eigenvalue weighted by atomic mass is 9.90. The van der Waals surface area contributed by atoms with Gasteiger partial charge in [0.05, 0.1) is 48.5 Å². The highest BCUT2D eigenvalue weighted by molar-refractivity contribution is 5.98. The lowest BCUT2D eigenvalue weighted by Crippen LogP contribution is -2.28. The minimum absolute atomic E-state index is 0.136. The van der Waals surface area contributed by atoms with Crippen LogP contribution in [-0.4, -0.2) is 43.6 Å². The first kappa shape index (κ1) is 52.2. The summed E-state index contributed by atoms with van der Waals surface area (Å²) in [6.45, 7) is 22.7. The molecule has 8 bridgehead atoms. The zero-order valence-corrected chi connectivity index (χ0v) is 45.5. The molecule has 1 aliphatic rings. The number of para-hydroxylation sites is 4. The second kappa shape index (κ2) is 19.9. The quantitative estimate of drug-likeness (QED) is 0.0707. The lowest BCUT2D eigenvalue weighted by Gasteiger charge is -2.20. The topological polar surface area (TPSA) is 180 Å². The summed E-state index contributed by atoms with van der Waals surface area (Å²) >= 11 is 0. The summed E-state index contributed by atoms with van der Waals surface area (Å²) in [4.78, 5) is 70.6. The number of amides is 4. The molecule has 0 aliphatic carbocycles. The Labute approximate surface area is 446 Å². The lowest BCUT2D eigenvalue weighted by molar-refractivity contribution is -0.123. The average Bonchev–Trinajstić information content (AvgIpc) is 4.22. The second-order valence-corrected chi connectivity index (χ2v) is 23.6. The van der Waals surface area contributed by atoms with E-state index in [-0.39, 0.29) is 23.6 Å². The predicted molar refractivity (Wildman–Crippen MR) is 303 cm³/mol. The predicted octanol–water partition coefficient (Wildman–Crippen LogP) is 13.3. The van der Waals surface area contributed by atoms with Gasteiger partial charge in [-0.3, -0.25) is 40.4 Å². The van der Waals surface area contributed by atoms with Crippen LogP contribution in [0.2, 0.25) is 0 Å². The molecule has 5 heterocycles. The van der Waals surface area contributed by atoms with Gasteiger partial charge in [-0.1, -0.05) is 83.1 Å². The van der Waals surface area contributed by atoms with Crippen LogP contribution in [0.4, 0.5) is 22.7 Å². The molecule has 4 amide bonds. The van der Waals surface area contributed by atoms with E-state index in [1.807, 2.05) is 229 Å². The van der Waals surface area contributed by atoms with Crippen molar-refractivity contribution >= 4 is 46.4 Å². The van der Waals surface area contributed by atoms with Crippen LogP contribution in [-0.2, 0) is 19.2 Å². The minimum atomic E-state index is -0.680. The van der Waals surface area contributed by atoms with Gasteiger partial charge >= 0.3 is 0 Å². The molecule has 0 fully saturated rings. The van der Waals surface area contributed by atoms with E-state index in [0.717, 1.165) is 91.5 Å². The molecule has 0 spiro atoms. The van der Waals surface area contributed by atoms with Crippen molar-refractivity contribution in [3.8, 4) is 0 Å². The number of carbonyl (C=O) groups excluding carboxylic acids is 4. The Kier molecular flexibility index (Phi) is 13.7. The number of fused-ring (bicyclic) bond motifs is 8. The Morgan fingerprint density at radius 3 is 0.592 bits per heavy atom. The van der Waals surface area contributed by atoms with E-state index in [4.69, 9.17) is 0 Å². The molecule has 1 aliphatic heterocycles. The number of carbonyl (C=O) groups is 4. The monoisotopic (exact) mass is 1010 g/mol. The van der Waals surface area contributed by atoms with Crippen molar-refractivity contribution in [2.75, 3.05) is 21.3 Å². The van der Waals surface area contributed by atoms with Crippen molar-refractivity contribution in [2.24, 2.45) is 21.7 Å². The Bertz CT molecular complexity index is 2920. The standard InChI is InChI=1S/C64H64N8O4/c1-61(2,3)57(73)69-41-25-17-13-21-37(41)53-45-29-31-47(65-45)54(38-22-14-18-26-42(38)70-58(74)62(4,5)6)49-33-35-51(67-49)56(40-24-16-20-28-44(40)72-60(76)64(10,11)12)52-36-34-50(68-52)55(48-32-30-46(53)66-48)39-23-15-19-27-43(39)71-59(75)63(7,8)9/h13-36,65-68H,1-12H3/p+4. The van der Waals surface area contributed by atoms with Crippen molar-refractivity contribution < 1.29 is 19.2 Å². The number of anilines is 4. The van der Waals surface area contributed by atoms with E-state index < -0.39 is 21.7 Å². The molecule has 76 heavy (non-hydrogen) atoms. The third kappa shape index (κ3) is 10.7. The molecule has 9 rings (SSSR count). The summed E-state index contributed by atoms with van der Waals surface area (Å²) < 4.78 is 0. The molecule has 12 heteroatoms. The second-order valence-electron chi connectivity index (χ2n) is 23.6. The number of aromatic nitrogens is 4. The molecule has 4 aromatic heterocycles. The summed E-state index contributed by atoms with van der Waals surface area (Å²) in [6.07, 6.45) is 0. The number of nitrogens with one attached hydrogen (secondary N) is 8. The molecule has 4 aromatic carbocycles. The zero-order valence-electron chi connectivity index (χ0n) is 45.5. The Morgan fingerprint density at radius 2 is 0.434 bits per heavy atom. The Balaban J connectivity index is 1.33. The van der Waals surface area contributed by atoms with E-state index in [1.165, 1.54) is 0 Å². The maximum absolute atomic E-state index is 13.8. The Morgan fingerprint density at radius 1 is 0.276 bits per heavy atom. The van der Waals surface area contributed by atoms with Gasteiger partial charge in [-0.15, -0.1) is 0 Å². The molecule has 8 aromatic rings. The number of hydrogen-bond acceptors (Lipinski definition) is 4. The van der Waals surface area contributed by atoms with Crippen molar-refractivity contribution in [3.63, 3.8) is 0 Å². The summed E-state index contributed by atoms with van der Waals surface area (Å²) in [7, 11) is 0. The smallest absolute Gasteiger partial charge is 0.236 e. The first-order valence-electron chi connectivity index (χ1n) is 25.8. The van der Waals surface area contributed by atoms with Crippen LogP contribution in [0.25, 0.3) is 0 Å². The van der Waals surface area contributed by atoms with Crippen molar-refractivity contribution in [2.45, 2.75) is 83.1 Å². The summed E-state index contributed by atoms with van der Waals surface area (Å²) in [5.41, 5.74) is 8.79. The summed E-state index contributed by atoms with van der Waals surface area (Å²) in [5.74, 6) is 2.57. The highest BCUT2D eigenvalue weighted by Gasteiger charge is 2.41. The SMILES string of the molecule is CC(C)(C)C(=O)Nc1ccccc1[C+]1c2ccc([nH]2)[C+](c2ccccc2NC(=O)C(C)(C)C)c2ccc([nH]2)[C+](c2ccccc2NC(=O)C(C)(C)C)c2ccc([nH]2)[C+](c2ccccc2NC(=O)C(C)(C)C)c2ccc1[nH]2. The van der Waals surface area contributed by atoms with Crippen molar-refractivity contribution in [1.82, 2.24) is 19.9 Å². The van der Waals surface area contributed by atoms with E-state index in [9.17, 15) is 19.2 Å². The van der Waals surface area contributed by atoms with Crippen LogP contribution in [0.3, 0.4) is 0 Å². The van der Waals surface area contributed by atoms with E-state index in [1.54, 1.807) is 0 Å². The molecule has 384 valence electrons. The van der Waals surface area contributed by atoms with Gasteiger partial charge in [-0.05, 0) is 72.8 Å². The van der Waals surface area contributed by atoms with Gasteiger partial charge in [0.25, 0.3) is 0 Å². The van der Waals surface area contributed by atoms with Gasteiger partial charge in [-0.25, -0.2) is 0 Å². The average molecular weight is 1010 g/mol. The molecule has 0 unspecified atom stereocenters. The van der Waals surface area contributed by atoms with Gasteiger partial charge in [0, 0.05) is 45.9 Å². The molecular formula is C64H68N8O4+4. The molecule has 0 saturated heterocycles. The number of aromatic amines is 4. The first-order chi connectivity index (χ1) is 35.9. The van der Waals surface area contributed by atoms with Gasteiger partial charge in [-0.2, -0.15) is 0 Å². The number of H-pyrrole nitrogens is 4. The van der Waals surface area contributed by atoms with Gasteiger partial charge in [0.15, 0.2) is 0 Å². The minimum Gasteiger partial charge on any atom is -0.327 e. The Hall–Kier alpha value is -8.64. The van der Waals surface area contributed by atoms with Crippen molar-refractivity contribution in [1.29, 1.82) is 0 Å². The number of rotatable bonds is 8. The van der Waals surface area contributed by atoms with Crippen molar-refractivity contribution in [3.05, 3.63) is 237 Å². The molecule has 8 N–H and O–H groups in total. The fourth-order valence-electron chi connectivity index (χ4n) is 8.97. The van der Waals surface area contributed by atoms with Gasteiger partial charge in [0.1, 0.15) is 114 Å². The van der Waals surface area contributed by atoms with E-state index in [2.05, 4.69) is 41.2 Å². The van der Waals surface area contributed by atoms with Crippen LogP contribution >= 0.6 is 0 Å². The molecule has 12 nitrogen and oxygen atoms in total. The fourth-order valence-corrected chi connectivity index (χ4v) is 8.97. The van der Waals surface area contributed by atoms with Crippen LogP contribution in [0.5, 0.6) is 0 Å². The summed E-state index contributed by atoms with van der Waals surface area (Å²) in [6, 6.07) is 47.5. The normalized spacial score (nSPS) is 13.1. The molecule has 0 saturated carbocycles. The highest BCUT2D eigenvalue weighted by atomic mass is 16.2. The summed E-state index contributed by atoms with van der Waals surface area (Å²) in [5, 5.41) is 13.0. The third-order valence-corrected chi connectivity index (χ3v) is 13.4.